The molecular weight excluding hydrogens is 432 g/mol. The number of aromatic amines is 1. The maximum atomic E-state index is 10.3. The molecule has 1 fully saturated rings. The number of ether oxygens (including phenoxy) is 3. The standard InChI is InChI=1S/C21H24N6O6/c1-31-11-2-3-13-12(6-11)10(7-23-13)4-5-32-21-25-18(22)15-19(26-21)27(9-24-15)20-17(30)16(29)14(8-28)33-20/h2-3,6-7,9,14,16-17,20,23,28-30H,4-5,8H2,1H3,(H2,22,25,26)/t14-,16-,17-,20-/m1/s1. The summed E-state index contributed by atoms with van der Waals surface area (Å²) in [6.45, 7) is -0.149. The van der Waals surface area contributed by atoms with Crippen molar-refractivity contribution in [2.45, 2.75) is 31.0 Å². The third-order valence-electron chi connectivity index (χ3n) is 5.80. The first-order valence-electron chi connectivity index (χ1n) is 10.4. The Kier molecular flexibility index (Phi) is 5.50. The number of hydrogen-bond acceptors (Lipinski definition) is 10. The van der Waals surface area contributed by atoms with E-state index in [1.807, 2.05) is 24.4 Å². The van der Waals surface area contributed by atoms with Crippen LogP contribution in [0.3, 0.4) is 0 Å². The lowest BCUT2D eigenvalue weighted by Crippen LogP contribution is -2.33. The Morgan fingerprint density at radius 2 is 2.09 bits per heavy atom. The smallest absolute Gasteiger partial charge is 0.320 e. The molecule has 4 atom stereocenters. The number of nitrogens with zero attached hydrogens (tertiary/aromatic N) is 4. The molecule has 4 aromatic rings. The van der Waals surface area contributed by atoms with Crippen LogP contribution in [-0.4, -0.2) is 78.5 Å². The van der Waals surface area contributed by atoms with E-state index in [1.54, 1.807) is 7.11 Å². The molecule has 12 nitrogen and oxygen atoms in total. The second-order valence-electron chi connectivity index (χ2n) is 7.77. The van der Waals surface area contributed by atoms with Crippen LogP contribution in [0.25, 0.3) is 22.1 Å². The summed E-state index contributed by atoms with van der Waals surface area (Å²) in [7, 11) is 1.62. The highest BCUT2D eigenvalue weighted by molar-refractivity contribution is 5.84. The summed E-state index contributed by atoms with van der Waals surface area (Å²) in [4.78, 5) is 16.0. The molecule has 174 valence electrons. The lowest BCUT2D eigenvalue weighted by Gasteiger charge is -2.16. The van der Waals surface area contributed by atoms with Crippen LogP contribution in [0, 0.1) is 0 Å². The van der Waals surface area contributed by atoms with Gasteiger partial charge in [0.15, 0.2) is 23.2 Å². The fourth-order valence-electron chi connectivity index (χ4n) is 4.02. The van der Waals surface area contributed by atoms with Gasteiger partial charge in [-0.2, -0.15) is 9.97 Å². The highest BCUT2D eigenvalue weighted by atomic mass is 16.6. The summed E-state index contributed by atoms with van der Waals surface area (Å²) in [5.41, 5.74) is 8.68. The van der Waals surface area contributed by atoms with E-state index in [-0.39, 0.29) is 24.1 Å². The Balaban J connectivity index is 1.36. The van der Waals surface area contributed by atoms with Crippen molar-refractivity contribution >= 4 is 27.9 Å². The van der Waals surface area contributed by atoms with E-state index in [0.29, 0.717) is 11.9 Å². The number of aliphatic hydroxyl groups is 3. The maximum Gasteiger partial charge on any atom is 0.320 e. The zero-order valence-corrected chi connectivity index (χ0v) is 17.8. The van der Waals surface area contributed by atoms with Gasteiger partial charge in [0.05, 0.1) is 26.7 Å². The summed E-state index contributed by atoms with van der Waals surface area (Å²) >= 11 is 0. The molecule has 0 saturated carbocycles. The number of imidazole rings is 1. The zero-order chi connectivity index (χ0) is 23.1. The number of H-pyrrole nitrogens is 1. The molecule has 0 aliphatic carbocycles. The SMILES string of the molecule is COc1ccc2[nH]cc(CCOc3nc(N)c4ncn([C@@H]5O[C@H](CO)[C@@H](O)[C@H]5O)c4n3)c2c1. The molecule has 1 aliphatic rings. The summed E-state index contributed by atoms with van der Waals surface area (Å²) < 4.78 is 18.1. The summed E-state index contributed by atoms with van der Waals surface area (Å²) in [5, 5.41) is 30.8. The number of aliphatic hydroxyl groups excluding tert-OH is 3. The van der Waals surface area contributed by atoms with Crippen molar-refractivity contribution in [2.24, 2.45) is 0 Å². The van der Waals surface area contributed by atoms with Crippen LogP contribution < -0.4 is 15.2 Å². The number of hydrogen-bond donors (Lipinski definition) is 5. The van der Waals surface area contributed by atoms with Gasteiger partial charge in [0.25, 0.3) is 0 Å². The number of fused-ring (bicyclic) bond motifs is 2. The molecule has 3 aromatic heterocycles. The van der Waals surface area contributed by atoms with Crippen LogP contribution in [-0.2, 0) is 11.2 Å². The molecule has 12 heteroatoms. The predicted molar refractivity (Wildman–Crippen MR) is 117 cm³/mol. The van der Waals surface area contributed by atoms with E-state index < -0.39 is 31.1 Å². The minimum atomic E-state index is -1.28. The van der Waals surface area contributed by atoms with E-state index in [9.17, 15) is 15.3 Å². The fraction of sp³-hybridized carbons (Fsp3) is 0.381. The van der Waals surface area contributed by atoms with Crippen LogP contribution >= 0.6 is 0 Å². The second kappa shape index (κ2) is 8.48. The van der Waals surface area contributed by atoms with Gasteiger partial charge in [-0.15, -0.1) is 0 Å². The molecule has 1 aliphatic heterocycles. The number of benzene rings is 1. The Bertz CT molecular complexity index is 1290. The number of rotatable bonds is 7. The van der Waals surface area contributed by atoms with Gasteiger partial charge in [0, 0.05) is 23.5 Å². The molecule has 4 heterocycles. The van der Waals surface area contributed by atoms with Gasteiger partial charge in [-0.05, 0) is 23.8 Å². The van der Waals surface area contributed by atoms with Crippen LogP contribution in [0.5, 0.6) is 11.8 Å². The summed E-state index contributed by atoms with van der Waals surface area (Å²) in [6.07, 6.45) is -0.552. The zero-order valence-electron chi connectivity index (χ0n) is 17.8. The molecular formula is C21H24N6O6. The Hall–Kier alpha value is -3.45. The fourth-order valence-corrected chi connectivity index (χ4v) is 4.02. The van der Waals surface area contributed by atoms with E-state index in [0.717, 1.165) is 22.2 Å². The van der Waals surface area contributed by atoms with Crippen molar-refractivity contribution in [1.82, 2.24) is 24.5 Å². The van der Waals surface area contributed by atoms with E-state index in [4.69, 9.17) is 19.9 Å². The topological polar surface area (TPSA) is 174 Å². The van der Waals surface area contributed by atoms with E-state index in [1.165, 1.54) is 10.9 Å². The lowest BCUT2D eigenvalue weighted by molar-refractivity contribution is -0.0511. The number of nitrogens with one attached hydrogen (secondary N) is 1. The van der Waals surface area contributed by atoms with Gasteiger partial charge in [0.2, 0.25) is 0 Å². The first-order valence-corrected chi connectivity index (χ1v) is 10.4. The van der Waals surface area contributed by atoms with Gasteiger partial charge in [0.1, 0.15) is 24.1 Å². The molecule has 0 unspecified atom stereocenters. The molecule has 0 spiro atoms. The van der Waals surface area contributed by atoms with E-state index in [2.05, 4.69) is 19.9 Å². The molecule has 1 aromatic carbocycles. The molecule has 5 rings (SSSR count). The van der Waals surface area contributed by atoms with Gasteiger partial charge in [-0.3, -0.25) is 4.57 Å². The van der Waals surface area contributed by atoms with Crippen LogP contribution in [0.1, 0.15) is 11.8 Å². The van der Waals surface area contributed by atoms with Crippen LogP contribution in [0.4, 0.5) is 5.82 Å². The van der Waals surface area contributed by atoms with E-state index >= 15 is 0 Å². The van der Waals surface area contributed by atoms with Crippen LogP contribution in [0.2, 0.25) is 0 Å². The number of methoxy groups -OCH3 is 1. The summed E-state index contributed by atoms with van der Waals surface area (Å²) in [5.74, 6) is 0.876. The lowest BCUT2D eigenvalue weighted by atomic mass is 10.1. The molecule has 0 amide bonds. The highest BCUT2D eigenvalue weighted by Crippen LogP contribution is 2.32. The van der Waals surface area contributed by atoms with Crippen molar-refractivity contribution < 1.29 is 29.5 Å². The van der Waals surface area contributed by atoms with Crippen molar-refractivity contribution in [3.63, 3.8) is 0 Å². The first kappa shape index (κ1) is 21.4. The van der Waals surface area contributed by atoms with Crippen LogP contribution in [0.15, 0.2) is 30.7 Å². The van der Waals surface area contributed by atoms with Crippen molar-refractivity contribution in [2.75, 3.05) is 26.1 Å². The predicted octanol–water partition coefficient (Wildman–Crippen LogP) is 0.131. The number of nitrogen functional groups attached to an aromatic ring is 1. The van der Waals surface area contributed by atoms with Crippen molar-refractivity contribution in [3.05, 3.63) is 36.3 Å². The van der Waals surface area contributed by atoms with Gasteiger partial charge >= 0.3 is 6.01 Å². The van der Waals surface area contributed by atoms with Crippen molar-refractivity contribution in [1.29, 1.82) is 0 Å². The quantitative estimate of drug-likeness (QED) is 0.257. The Labute approximate surface area is 187 Å². The number of anilines is 1. The highest BCUT2D eigenvalue weighted by Gasteiger charge is 2.44. The molecule has 6 N–H and O–H groups in total. The van der Waals surface area contributed by atoms with Crippen molar-refractivity contribution in [3.8, 4) is 11.8 Å². The third kappa shape index (κ3) is 3.72. The maximum absolute atomic E-state index is 10.3. The minimum Gasteiger partial charge on any atom is -0.497 e. The van der Waals surface area contributed by atoms with Gasteiger partial charge < -0.3 is 40.2 Å². The van der Waals surface area contributed by atoms with Gasteiger partial charge in [-0.1, -0.05) is 0 Å². The Morgan fingerprint density at radius 1 is 1.24 bits per heavy atom. The average Bonchev–Trinajstić information content (AvgIpc) is 3.50. The Morgan fingerprint density at radius 3 is 2.85 bits per heavy atom. The average molecular weight is 456 g/mol. The monoisotopic (exact) mass is 456 g/mol. The minimum absolute atomic E-state index is 0.0471. The normalized spacial score (nSPS) is 22.9. The molecule has 33 heavy (non-hydrogen) atoms. The van der Waals surface area contributed by atoms with Gasteiger partial charge in [-0.25, -0.2) is 4.98 Å². The first-order chi connectivity index (χ1) is 16.0. The molecule has 1 saturated heterocycles. The largest absolute Gasteiger partial charge is 0.497 e. The number of nitrogens with two attached hydrogens (primary N) is 1. The third-order valence-corrected chi connectivity index (χ3v) is 5.80. The molecule has 0 bridgehead atoms. The second-order valence-corrected chi connectivity index (χ2v) is 7.77. The molecule has 0 radical (unpaired) electrons. The summed E-state index contributed by atoms with van der Waals surface area (Å²) in [6, 6.07) is 5.85. The number of aromatic nitrogens is 5.